The van der Waals surface area contributed by atoms with Crippen LogP contribution in [0.15, 0.2) is 0 Å². The van der Waals surface area contributed by atoms with Crippen molar-refractivity contribution in [1.29, 1.82) is 0 Å². The van der Waals surface area contributed by atoms with Crippen molar-refractivity contribution in [2.45, 2.75) is 62.9 Å². The molecule has 1 aliphatic heterocycles. The molecule has 1 heterocycles. The molecule has 1 aliphatic carbocycles. The summed E-state index contributed by atoms with van der Waals surface area (Å²) in [6.07, 6.45) is 5.61. The third-order valence-corrected chi connectivity index (χ3v) is 4.27. The van der Waals surface area contributed by atoms with E-state index in [4.69, 9.17) is 5.11 Å². The number of aliphatic carboxylic acids is 1. The van der Waals surface area contributed by atoms with Crippen LogP contribution in [0.5, 0.6) is 0 Å². The van der Waals surface area contributed by atoms with Gasteiger partial charge in [0.1, 0.15) is 6.04 Å². The first kappa shape index (κ1) is 15.6. The van der Waals surface area contributed by atoms with Crippen molar-refractivity contribution >= 4 is 17.9 Å². The summed E-state index contributed by atoms with van der Waals surface area (Å²) in [5.41, 5.74) is -0.681. The zero-order valence-electron chi connectivity index (χ0n) is 12.1. The summed E-state index contributed by atoms with van der Waals surface area (Å²) in [5.74, 6) is -1.08. The van der Waals surface area contributed by atoms with Gasteiger partial charge in [0.25, 0.3) is 0 Å². The van der Waals surface area contributed by atoms with Crippen molar-refractivity contribution in [2.24, 2.45) is 0 Å². The Morgan fingerprint density at radius 1 is 1.24 bits per heavy atom. The van der Waals surface area contributed by atoms with Crippen LogP contribution in [0.1, 0.15) is 51.4 Å². The molecule has 2 aliphatic rings. The Morgan fingerprint density at radius 3 is 2.57 bits per heavy atom. The quantitative estimate of drug-likeness (QED) is 0.614. The van der Waals surface area contributed by atoms with Crippen LogP contribution < -0.4 is 16.0 Å². The SMILES string of the molecule is O=C(O)CC1(NC(=O)NC2CCCNC2=O)CCCCC1. The van der Waals surface area contributed by atoms with Crippen LogP contribution in [0.2, 0.25) is 0 Å². The summed E-state index contributed by atoms with van der Waals surface area (Å²) < 4.78 is 0. The predicted molar refractivity (Wildman–Crippen MR) is 75.8 cm³/mol. The number of nitrogens with one attached hydrogen (secondary N) is 3. The van der Waals surface area contributed by atoms with Gasteiger partial charge >= 0.3 is 12.0 Å². The van der Waals surface area contributed by atoms with Gasteiger partial charge in [0.15, 0.2) is 0 Å². The number of carbonyl (C=O) groups excluding carboxylic acids is 2. The van der Waals surface area contributed by atoms with E-state index < -0.39 is 23.6 Å². The van der Waals surface area contributed by atoms with Crippen LogP contribution in [0, 0.1) is 0 Å². The highest BCUT2D eigenvalue weighted by atomic mass is 16.4. The fourth-order valence-corrected chi connectivity index (χ4v) is 3.21. The van der Waals surface area contributed by atoms with Crippen LogP contribution in [0.3, 0.4) is 0 Å². The minimum Gasteiger partial charge on any atom is -0.481 e. The third-order valence-electron chi connectivity index (χ3n) is 4.27. The maximum Gasteiger partial charge on any atom is 0.315 e. The highest BCUT2D eigenvalue weighted by molar-refractivity contribution is 5.87. The lowest BCUT2D eigenvalue weighted by Gasteiger charge is -2.37. The van der Waals surface area contributed by atoms with Gasteiger partial charge in [-0.15, -0.1) is 0 Å². The first-order chi connectivity index (χ1) is 10.0. The number of urea groups is 1. The van der Waals surface area contributed by atoms with E-state index in [0.29, 0.717) is 25.8 Å². The second-order valence-electron chi connectivity index (χ2n) is 6.00. The average molecular weight is 297 g/mol. The molecule has 0 spiro atoms. The van der Waals surface area contributed by atoms with Gasteiger partial charge in [0, 0.05) is 6.54 Å². The van der Waals surface area contributed by atoms with E-state index >= 15 is 0 Å². The van der Waals surface area contributed by atoms with Gasteiger partial charge in [-0.3, -0.25) is 9.59 Å². The third kappa shape index (κ3) is 4.34. The fourth-order valence-electron chi connectivity index (χ4n) is 3.21. The van der Waals surface area contributed by atoms with E-state index in [9.17, 15) is 14.4 Å². The lowest BCUT2D eigenvalue weighted by Crippen LogP contribution is -2.58. The summed E-state index contributed by atoms with van der Waals surface area (Å²) in [6, 6.07) is -0.968. The topological polar surface area (TPSA) is 108 Å². The lowest BCUT2D eigenvalue weighted by molar-refractivity contribution is -0.139. The van der Waals surface area contributed by atoms with Crippen LogP contribution in [-0.4, -0.2) is 41.1 Å². The van der Waals surface area contributed by atoms with Crippen molar-refractivity contribution in [3.05, 3.63) is 0 Å². The molecule has 0 bridgehead atoms. The summed E-state index contributed by atoms with van der Waals surface area (Å²) in [6.45, 7) is 0.640. The molecule has 0 aromatic heterocycles. The second kappa shape index (κ2) is 6.78. The molecule has 118 valence electrons. The maximum absolute atomic E-state index is 12.1. The first-order valence-electron chi connectivity index (χ1n) is 7.59. The molecule has 21 heavy (non-hydrogen) atoms. The molecule has 0 radical (unpaired) electrons. The fraction of sp³-hybridized carbons (Fsp3) is 0.786. The molecule has 4 N–H and O–H groups in total. The van der Waals surface area contributed by atoms with Crippen molar-refractivity contribution < 1.29 is 19.5 Å². The van der Waals surface area contributed by atoms with E-state index in [1.54, 1.807) is 0 Å². The summed E-state index contributed by atoms with van der Waals surface area (Å²) in [5, 5.41) is 17.3. The molecule has 1 atom stereocenters. The molecular weight excluding hydrogens is 274 g/mol. The minimum absolute atomic E-state index is 0.0721. The highest BCUT2D eigenvalue weighted by Crippen LogP contribution is 2.31. The van der Waals surface area contributed by atoms with Gasteiger partial charge in [-0.25, -0.2) is 4.79 Å². The summed E-state index contributed by atoms with van der Waals surface area (Å²) >= 11 is 0. The van der Waals surface area contributed by atoms with Crippen molar-refractivity contribution in [3.8, 4) is 0 Å². The standard InChI is InChI=1S/C14H23N3O4/c18-11(19)9-14(6-2-1-3-7-14)17-13(21)16-10-5-4-8-15-12(10)20/h10H,1-9H2,(H,15,20)(H,18,19)(H2,16,17,21). The molecule has 0 aromatic carbocycles. The molecule has 1 saturated heterocycles. The molecule has 7 heteroatoms. The van der Waals surface area contributed by atoms with E-state index in [0.717, 1.165) is 25.7 Å². The molecule has 1 unspecified atom stereocenters. The minimum atomic E-state index is -0.910. The molecule has 0 aromatic rings. The Balaban J connectivity index is 1.94. The highest BCUT2D eigenvalue weighted by Gasteiger charge is 2.36. The number of piperidine rings is 1. The number of carbonyl (C=O) groups is 3. The van der Waals surface area contributed by atoms with Gasteiger partial charge in [-0.1, -0.05) is 19.3 Å². The van der Waals surface area contributed by atoms with Crippen LogP contribution in [0.25, 0.3) is 0 Å². The van der Waals surface area contributed by atoms with Gasteiger partial charge in [0.2, 0.25) is 5.91 Å². The predicted octanol–water partition coefficient (Wildman–Crippen LogP) is 0.742. The Bertz CT molecular complexity index is 418. The number of carboxylic acids is 1. The molecular formula is C14H23N3O4. The molecule has 7 nitrogen and oxygen atoms in total. The number of carboxylic acid groups (broad SMARTS) is 1. The zero-order valence-corrected chi connectivity index (χ0v) is 12.1. The number of amides is 3. The Labute approximate surface area is 123 Å². The average Bonchev–Trinajstić information content (AvgIpc) is 2.41. The maximum atomic E-state index is 12.1. The largest absolute Gasteiger partial charge is 0.481 e. The first-order valence-corrected chi connectivity index (χ1v) is 7.59. The van der Waals surface area contributed by atoms with E-state index in [2.05, 4.69) is 16.0 Å². The van der Waals surface area contributed by atoms with E-state index in [-0.39, 0.29) is 12.3 Å². The molecule has 2 fully saturated rings. The molecule has 3 amide bonds. The summed E-state index contributed by atoms with van der Waals surface area (Å²) in [7, 11) is 0. The van der Waals surface area contributed by atoms with Crippen LogP contribution >= 0.6 is 0 Å². The van der Waals surface area contributed by atoms with Crippen LogP contribution in [-0.2, 0) is 9.59 Å². The molecule has 1 saturated carbocycles. The van der Waals surface area contributed by atoms with E-state index in [1.807, 2.05) is 0 Å². The monoisotopic (exact) mass is 297 g/mol. The number of rotatable bonds is 4. The van der Waals surface area contributed by atoms with Gasteiger partial charge in [0.05, 0.1) is 12.0 Å². The van der Waals surface area contributed by atoms with Crippen molar-refractivity contribution in [2.75, 3.05) is 6.54 Å². The zero-order chi connectivity index (χ0) is 15.3. The van der Waals surface area contributed by atoms with Gasteiger partial charge in [-0.05, 0) is 25.7 Å². The number of hydrogen-bond donors (Lipinski definition) is 4. The van der Waals surface area contributed by atoms with Crippen LogP contribution in [0.4, 0.5) is 4.79 Å². The Kier molecular flexibility index (Phi) is 5.03. The van der Waals surface area contributed by atoms with E-state index in [1.165, 1.54) is 0 Å². The van der Waals surface area contributed by atoms with Gasteiger partial charge in [-0.2, -0.15) is 0 Å². The van der Waals surface area contributed by atoms with Gasteiger partial charge < -0.3 is 21.1 Å². The molecule has 2 rings (SSSR count). The Hall–Kier alpha value is -1.79. The Morgan fingerprint density at radius 2 is 1.95 bits per heavy atom. The second-order valence-corrected chi connectivity index (χ2v) is 6.00. The van der Waals surface area contributed by atoms with Crippen molar-refractivity contribution in [3.63, 3.8) is 0 Å². The smallest absolute Gasteiger partial charge is 0.315 e. The lowest BCUT2D eigenvalue weighted by atomic mass is 9.79. The summed E-state index contributed by atoms with van der Waals surface area (Å²) in [4.78, 5) is 34.8. The van der Waals surface area contributed by atoms with Crippen molar-refractivity contribution in [1.82, 2.24) is 16.0 Å². The number of hydrogen-bond acceptors (Lipinski definition) is 3. The normalized spacial score (nSPS) is 24.8.